The van der Waals surface area contributed by atoms with Gasteiger partial charge in [-0.05, 0) is 37.5 Å². The molecule has 1 aliphatic carbocycles. The highest BCUT2D eigenvalue weighted by molar-refractivity contribution is 5.90. The molecule has 1 fully saturated rings. The van der Waals surface area contributed by atoms with Gasteiger partial charge in [0, 0.05) is 6.04 Å². The number of carbonyl (C=O) groups is 1. The molecule has 0 bridgehead atoms. The predicted octanol–water partition coefficient (Wildman–Crippen LogP) is 2.45. The number of nitriles is 1. The van der Waals surface area contributed by atoms with Crippen LogP contribution in [0.15, 0.2) is 18.2 Å². The van der Waals surface area contributed by atoms with Crippen molar-refractivity contribution in [3.8, 4) is 6.19 Å². The van der Waals surface area contributed by atoms with E-state index < -0.39 is 11.8 Å². The quantitative estimate of drug-likeness (QED) is 0.468. The minimum Gasteiger partial charge on any atom is -0.465 e. The maximum Gasteiger partial charge on any atom is 0.340 e. The molecule has 1 aliphatic rings. The molecule has 94 valence electrons. The Hall–Kier alpha value is -2.09. The second-order valence-electron chi connectivity index (χ2n) is 4.21. The third-order valence-corrected chi connectivity index (χ3v) is 3.18. The van der Waals surface area contributed by atoms with E-state index in [0.29, 0.717) is 5.69 Å². The minimum atomic E-state index is -0.716. The Labute approximate surface area is 105 Å². The maximum absolute atomic E-state index is 13.7. The molecular formula is C13H13FN2O2. The van der Waals surface area contributed by atoms with E-state index in [1.54, 1.807) is 6.07 Å². The highest BCUT2D eigenvalue weighted by Crippen LogP contribution is 2.29. The van der Waals surface area contributed by atoms with E-state index in [1.807, 2.05) is 0 Å². The zero-order chi connectivity index (χ0) is 13.1. The molecule has 0 amide bonds. The first-order valence-electron chi connectivity index (χ1n) is 5.74. The van der Waals surface area contributed by atoms with Crippen LogP contribution in [0.5, 0.6) is 0 Å². The van der Waals surface area contributed by atoms with Gasteiger partial charge in [-0.3, -0.25) is 4.90 Å². The lowest BCUT2D eigenvalue weighted by Gasteiger charge is -2.33. The van der Waals surface area contributed by atoms with E-state index >= 15 is 0 Å². The van der Waals surface area contributed by atoms with Gasteiger partial charge in [0.15, 0.2) is 6.19 Å². The van der Waals surface area contributed by atoms with Crippen LogP contribution < -0.4 is 4.90 Å². The van der Waals surface area contributed by atoms with Crippen LogP contribution in [0.1, 0.15) is 29.6 Å². The lowest BCUT2D eigenvalue weighted by molar-refractivity contribution is 0.0595. The number of hydrogen-bond donors (Lipinski definition) is 0. The third kappa shape index (κ3) is 2.14. The standard InChI is InChI=1S/C13H13FN2O2/c1-18-13(17)11-6-5-10(7-12(11)14)16(8-15)9-3-2-4-9/h5-7,9H,2-4H2,1H3. The van der Waals surface area contributed by atoms with E-state index in [9.17, 15) is 9.18 Å². The Morgan fingerprint density at radius 3 is 2.72 bits per heavy atom. The number of esters is 1. The molecule has 0 aromatic heterocycles. The number of benzene rings is 1. The zero-order valence-corrected chi connectivity index (χ0v) is 10.0. The van der Waals surface area contributed by atoms with Crippen LogP contribution >= 0.6 is 0 Å². The van der Waals surface area contributed by atoms with Crippen LogP contribution in [0.4, 0.5) is 10.1 Å². The summed E-state index contributed by atoms with van der Waals surface area (Å²) >= 11 is 0. The minimum absolute atomic E-state index is 0.118. The number of carbonyl (C=O) groups excluding carboxylic acids is 1. The summed E-state index contributed by atoms with van der Waals surface area (Å²) in [6, 6.07) is 4.27. The van der Waals surface area contributed by atoms with Gasteiger partial charge in [-0.25, -0.2) is 9.18 Å². The topological polar surface area (TPSA) is 53.3 Å². The smallest absolute Gasteiger partial charge is 0.340 e. The van der Waals surface area contributed by atoms with Gasteiger partial charge < -0.3 is 4.74 Å². The average molecular weight is 248 g/mol. The van der Waals surface area contributed by atoms with Crippen LogP contribution in [0.2, 0.25) is 0 Å². The number of halogens is 1. The molecule has 0 aliphatic heterocycles. The van der Waals surface area contributed by atoms with E-state index in [1.165, 1.54) is 24.1 Å². The van der Waals surface area contributed by atoms with Crippen molar-refractivity contribution >= 4 is 11.7 Å². The summed E-state index contributed by atoms with van der Waals surface area (Å²) in [6.45, 7) is 0. The van der Waals surface area contributed by atoms with E-state index in [-0.39, 0.29) is 11.6 Å². The SMILES string of the molecule is COC(=O)c1ccc(N(C#N)C2CCC2)cc1F. The average Bonchev–Trinajstić information content (AvgIpc) is 2.32. The Morgan fingerprint density at radius 2 is 2.28 bits per heavy atom. The van der Waals surface area contributed by atoms with Gasteiger partial charge in [0.1, 0.15) is 5.82 Å². The summed E-state index contributed by atoms with van der Waals surface area (Å²) in [5.74, 6) is -1.38. The Balaban J connectivity index is 2.27. The summed E-state index contributed by atoms with van der Waals surface area (Å²) in [7, 11) is 1.20. The van der Waals surface area contributed by atoms with Gasteiger partial charge in [-0.1, -0.05) is 0 Å². The lowest BCUT2D eigenvalue weighted by atomic mass is 9.91. The molecule has 1 aromatic rings. The number of nitrogens with zero attached hydrogens (tertiary/aromatic N) is 2. The molecule has 18 heavy (non-hydrogen) atoms. The highest BCUT2D eigenvalue weighted by atomic mass is 19.1. The number of anilines is 1. The van der Waals surface area contributed by atoms with Crippen molar-refractivity contribution < 1.29 is 13.9 Å². The molecule has 5 heteroatoms. The van der Waals surface area contributed by atoms with Gasteiger partial charge in [-0.2, -0.15) is 5.26 Å². The molecule has 2 rings (SSSR count). The Morgan fingerprint density at radius 1 is 1.56 bits per heavy atom. The molecule has 0 N–H and O–H groups in total. The van der Waals surface area contributed by atoms with Gasteiger partial charge in [0.25, 0.3) is 0 Å². The summed E-state index contributed by atoms with van der Waals surface area (Å²) in [5, 5.41) is 9.09. The number of rotatable bonds is 3. The highest BCUT2D eigenvalue weighted by Gasteiger charge is 2.26. The fourth-order valence-corrected chi connectivity index (χ4v) is 1.92. The summed E-state index contributed by atoms with van der Waals surface area (Å²) in [5.41, 5.74) is 0.361. The first kappa shape index (κ1) is 12.4. The van der Waals surface area contributed by atoms with Crippen molar-refractivity contribution in [1.29, 1.82) is 5.26 Å². The molecule has 0 radical (unpaired) electrons. The molecule has 4 nitrogen and oxygen atoms in total. The van der Waals surface area contributed by atoms with Crippen molar-refractivity contribution in [2.24, 2.45) is 0 Å². The predicted molar refractivity (Wildman–Crippen MR) is 63.5 cm³/mol. The van der Waals surface area contributed by atoms with Gasteiger partial charge in [-0.15, -0.1) is 0 Å². The van der Waals surface area contributed by atoms with Crippen molar-refractivity contribution in [2.75, 3.05) is 12.0 Å². The van der Waals surface area contributed by atoms with E-state index in [4.69, 9.17) is 5.26 Å². The molecular weight excluding hydrogens is 235 g/mol. The molecule has 0 heterocycles. The van der Waals surface area contributed by atoms with Crippen LogP contribution in [-0.4, -0.2) is 19.1 Å². The third-order valence-electron chi connectivity index (χ3n) is 3.18. The van der Waals surface area contributed by atoms with E-state index in [2.05, 4.69) is 10.9 Å². The molecule has 0 saturated heterocycles. The van der Waals surface area contributed by atoms with Gasteiger partial charge >= 0.3 is 5.97 Å². The van der Waals surface area contributed by atoms with Crippen molar-refractivity contribution in [1.82, 2.24) is 0 Å². The van der Waals surface area contributed by atoms with Crippen LogP contribution in [-0.2, 0) is 4.74 Å². The first-order chi connectivity index (χ1) is 8.67. The Kier molecular flexibility index (Phi) is 3.47. The van der Waals surface area contributed by atoms with Crippen molar-refractivity contribution in [2.45, 2.75) is 25.3 Å². The van der Waals surface area contributed by atoms with Crippen LogP contribution in [0.3, 0.4) is 0 Å². The van der Waals surface area contributed by atoms with Gasteiger partial charge in [0.2, 0.25) is 0 Å². The fourth-order valence-electron chi connectivity index (χ4n) is 1.92. The monoisotopic (exact) mass is 248 g/mol. The normalized spacial score (nSPS) is 14.5. The van der Waals surface area contributed by atoms with Gasteiger partial charge in [0.05, 0.1) is 18.4 Å². The largest absolute Gasteiger partial charge is 0.465 e. The van der Waals surface area contributed by atoms with E-state index in [0.717, 1.165) is 19.3 Å². The number of methoxy groups -OCH3 is 1. The molecule has 0 atom stereocenters. The van der Waals surface area contributed by atoms with Crippen LogP contribution in [0, 0.1) is 17.3 Å². The van der Waals surface area contributed by atoms with Crippen molar-refractivity contribution in [3.63, 3.8) is 0 Å². The Bertz CT molecular complexity index is 506. The maximum atomic E-state index is 13.7. The molecule has 1 aromatic carbocycles. The number of ether oxygens (including phenoxy) is 1. The fraction of sp³-hybridized carbons (Fsp3) is 0.385. The second-order valence-corrected chi connectivity index (χ2v) is 4.21. The summed E-state index contributed by atoms with van der Waals surface area (Å²) < 4.78 is 18.2. The zero-order valence-electron chi connectivity index (χ0n) is 10.0. The van der Waals surface area contributed by atoms with Crippen molar-refractivity contribution in [3.05, 3.63) is 29.6 Å². The molecule has 1 saturated carbocycles. The molecule has 0 spiro atoms. The first-order valence-corrected chi connectivity index (χ1v) is 5.74. The summed E-state index contributed by atoms with van der Waals surface area (Å²) in [4.78, 5) is 12.7. The lowest BCUT2D eigenvalue weighted by Crippen LogP contribution is -2.36. The second kappa shape index (κ2) is 5.05. The number of hydrogen-bond acceptors (Lipinski definition) is 4. The summed E-state index contributed by atoms with van der Waals surface area (Å²) in [6.07, 6.45) is 5.03. The molecule has 0 unspecified atom stereocenters. The van der Waals surface area contributed by atoms with Crippen LogP contribution in [0.25, 0.3) is 0 Å².